The lowest BCUT2D eigenvalue weighted by molar-refractivity contribution is 0.164. The average molecular weight is 270 g/mol. The lowest BCUT2D eigenvalue weighted by Crippen LogP contribution is -2.15. The van der Waals surface area contributed by atoms with Crippen LogP contribution in [0.3, 0.4) is 0 Å². The van der Waals surface area contributed by atoms with Crippen molar-refractivity contribution in [1.82, 2.24) is 19.6 Å². The predicted molar refractivity (Wildman–Crippen MR) is 69.9 cm³/mol. The fourth-order valence-corrected chi connectivity index (χ4v) is 1.83. The highest BCUT2D eigenvalue weighted by Gasteiger charge is 2.12. The number of rotatable bonds is 5. The molecule has 0 saturated carbocycles. The van der Waals surface area contributed by atoms with Gasteiger partial charge in [0.1, 0.15) is 17.3 Å². The lowest BCUT2D eigenvalue weighted by atomic mass is 10.2. The van der Waals surface area contributed by atoms with E-state index in [2.05, 4.69) is 20.4 Å². The molecule has 0 aliphatic carbocycles. The second-order valence-electron chi connectivity index (χ2n) is 4.13. The second-order valence-corrected chi connectivity index (χ2v) is 4.48. The highest BCUT2D eigenvalue weighted by molar-refractivity contribution is 6.30. The van der Waals surface area contributed by atoms with E-state index in [1.165, 1.54) is 6.33 Å². The molecular weight excluding hydrogens is 254 g/mol. The summed E-state index contributed by atoms with van der Waals surface area (Å²) in [6.07, 6.45) is 2.56. The number of hydrogen-bond donors (Lipinski definition) is 2. The first-order valence-corrected chi connectivity index (χ1v) is 6.29. The molecule has 0 bridgehead atoms. The fraction of sp³-hybridized carbons (Fsp3) is 0.545. The molecule has 0 fully saturated rings. The van der Waals surface area contributed by atoms with Crippen LogP contribution in [0.25, 0.3) is 5.78 Å². The summed E-state index contributed by atoms with van der Waals surface area (Å²) < 4.78 is 1.61. The van der Waals surface area contributed by atoms with E-state index in [9.17, 15) is 5.11 Å². The molecule has 2 N–H and O–H groups in total. The third-order valence-electron chi connectivity index (χ3n) is 2.85. The number of hydrogen-bond acceptors (Lipinski definition) is 5. The summed E-state index contributed by atoms with van der Waals surface area (Å²) in [5.41, 5.74) is 0.820. The number of anilines is 1. The Morgan fingerprint density at radius 3 is 3.06 bits per heavy atom. The zero-order valence-electron chi connectivity index (χ0n) is 10.4. The molecule has 0 saturated heterocycles. The number of nitrogens with zero attached hydrogens (tertiary/aromatic N) is 4. The van der Waals surface area contributed by atoms with Gasteiger partial charge in [0.05, 0.1) is 6.10 Å². The molecule has 7 heteroatoms. The number of aliphatic hydroxyl groups is 1. The maximum Gasteiger partial charge on any atom is 0.255 e. The van der Waals surface area contributed by atoms with Crippen molar-refractivity contribution in [2.24, 2.45) is 0 Å². The molecule has 0 spiro atoms. The molecule has 0 aromatic carbocycles. The Morgan fingerprint density at radius 2 is 2.33 bits per heavy atom. The quantitative estimate of drug-likeness (QED) is 0.808. The van der Waals surface area contributed by atoms with Crippen LogP contribution >= 0.6 is 11.6 Å². The molecule has 0 amide bonds. The SMILES string of the molecule is CCC(O)CCNc1c(C)c(Cl)nc2ncnn12. The van der Waals surface area contributed by atoms with Gasteiger partial charge in [-0.25, -0.2) is 0 Å². The molecule has 2 rings (SSSR count). The summed E-state index contributed by atoms with van der Waals surface area (Å²) in [7, 11) is 0. The van der Waals surface area contributed by atoms with Crippen molar-refractivity contribution < 1.29 is 5.11 Å². The Labute approximate surface area is 110 Å². The summed E-state index contributed by atoms with van der Waals surface area (Å²) in [6.45, 7) is 4.47. The molecule has 0 aliphatic rings. The molecule has 18 heavy (non-hydrogen) atoms. The van der Waals surface area contributed by atoms with Crippen LogP contribution in [-0.2, 0) is 0 Å². The molecule has 1 atom stereocenters. The van der Waals surface area contributed by atoms with Gasteiger partial charge in [0.15, 0.2) is 0 Å². The van der Waals surface area contributed by atoms with Gasteiger partial charge in [-0.2, -0.15) is 19.6 Å². The van der Waals surface area contributed by atoms with E-state index >= 15 is 0 Å². The number of aliphatic hydroxyl groups excluding tert-OH is 1. The van der Waals surface area contributed by atoms with E-state index < -0.39 is 0 Å². The monoisotopic (exact) mass is 269 g/mol. The fourth-order valence-electron chi connectivity index (χ4n) is 1.67. The van der Waals surface area contributed by atoms with Gasteiger partial charge in [0, 0.05) is 12.1 Å². The normalized spacial score (nSPS) is 12.9. The zero-order valence-corrected chi connectivity index (χ0v) is 11.1. The van der Waals surface area contributed by atoms with Gasteiger partial charge in [-0.3, -0.25) is 0 Å². The third-order valence-corrected chi connectivity index (χ3v) is 3.21. The molecule has 2 aromatic rings. The molecule has 1 unspecified atom stereocenters. The molecule has 2 heterocycles. The predicted octanol–water partition coefficient (Wildman–Crippen LogP) is 1.66. The van der Waals surface area contributed by atoms with Gasteiger partial charge >= 0.3 is 0 Å². The second kappa shape index (κ2) is 5.49. The summed E-state index contributed by atoms with van der Waals surface area (Å²) in [6, 6.07) is 0. The standard InChI is InChI=1S/C11H16ClN5O/c1-3-8(18)4-5-13-10-7(2)9(12)16-11-14-6-15-17(10)11/h6,8,13,18H,3-5H2,1-2H3. The molecule has 0 radical (unpaired) electrons. The minimum atomic E-state index is -0.290. The van der Waals surface area contributed by atoms with Crippen LogP contribution in [0.4, 0.5) is 5.82 Å². The van der Waals surface area contributed by atoms with E-state index in [1.807, 2.05) is 13.8 Å². The molecule has 0 aliphatic heterocycles. The van der Waals surface area contributed by atoms with Gasteiger partial charge < -0.3 is 10.4 Å². The number of aromatic nitrogens is 4. The Bertz CT molecular complexity index is 541. The van der Waals surface area contributed by atoms with Gasteiger partial charge in [-0.05, 0) is 19.8 Å². The van der Waals surface area contributed by atoms with Gasteiger partial charge in [-0.15, -0.1) is 0 Å². The van der Waals surface area contributed by atoms with Crippen LogP contribution in [0, 0.1) is 6.92 Å². The van der Waals surface area contributed by atoms with Crippen LogP contribution in [0.5, 0.6) is 0 Å². The number of halogens is 1. The summed E-state index contributed by atoms with van der Waals surface area (Å²) >= 11 is 6.04. The Balaban J connectivity index is 2.21. The Morgan fingerprint density at radius 1 is 1.56 bits per heavy atom. The van der Waals surface area contributed by atoms with Gasteiger partial charge in [0.25, 0.3) is 5.78 Å². The van der Waals surface area contributed by atoms with Crippen molar-refractivity contribution >= 4 is 23.2 Å². The van der Waals surface area contributed by atoms with E-state index in [0.29, 0.717) is 23.9 Å². The first kappa shape index (κ1) is 13.0. The van der Waals surface area contributed by atoms with Crippen molar-refractivity contribution in [3.05, 3.63) is 17.0 Å². The van der Waals surface area contributed by atoms with E-state index in [-0.39, 0.29) is 6.10 Å². The zero-order chi connectivity index (χ0) is 13.1. The molecule has 2 aromatic heterocycles. The van der Waals surface area contributed by atoms with Gasteiger partial charge in [0.2, 0.25) is 0 Å². The Hall–Kier alpha value is -1.40. The minimum Gasteiger partial charge on any atom is -0.393 e. The smallest absolute Gasteiger partial charge is 0.255 e. The summed E-state index contributed by atoms with van der Waals surface area (Å²) in [5, 5.41) is 17.3. The topological polar surface area (TPSA) is 75.3 Å². The van der Waals surface area contributed by atoms with Gasteiger partial charge in [-0.1, -0.05) is 18.5 Å². The summed E-state index contributed by atoms with van der Waals surface area (Å²) in [5.74, 6) is 1.23. The van der Waals surface area contributed by atoms with Crippen molar-refractivity contribution in [2.45, 2.75) is 32.8 Å². The summed E-state index contributed by atoms with van der Waals surface area (Å²) in [4.78, 5) is 8.13. The first-order chi connectivity index (χ1) is 8.63. The van der Waals surface area contributed by atoms with Crippen molar-refractivity contribution in [2.75, 3.05) is 11.9 Å². The third kappa shape index (κ3) is 2.54. The van der Waals surface area contributed by atoms with Crippen LogP contribution in [-0.4, -0.2) is 37.3 Å². The van der Waals surface area contributed by atoms with Crippen molar-refractivity contribution in [3.8, 4) is 0 Å². The average Bonchev–Trinajstić information content (AvgIpc) is 2.81. The lowest BCUT2D eigenvalue weighted by Gasteiger charge is -2.13. The highest BCUT2D eigenvalue weighted by Crippen LogP contribution is 2.21. The van der Waals surface area contributed by atoms with Crippen molar-refractivity contribution in [1.29, 1.82) is 0 Å². The number of fused-ring (bicyclic) bond motifs is 1. The van der Waals surface area contributed by atoms with Crippen LogP contribution in [0.2, 0.25) is 5.15 Å². The van der Waals surface area contributed by atoms with E-state index in [4.69, 9.17) is 11.6 Å². The minimum absolute atomic E-state index is 0.290. The van der Waals surface area contributed by atoms with E-state index in [0.717, 1.165) is 17.8 Å². The van der Waals surface area contributed by atoms with Crippen LogP contribution < -0.4 is 5.32 Å². The first-order valence-electron chi connectivity index (χ1n) is 5.91. The molecule has 98 valence electrons. The maximum atomic E-state index is 9.52. The highest BCUT2D eigenvalue weighted by atomic mass is 35.5. The largest absolute Gasteiger partial charge is 0.393 e. The molecular formula is C11H16ClN5O. The Kier molecular flexibility index (Phi) is 3.98. The van der Waals surface area contributed by atoms with Crippen LogP contribution in [0.1, 0.15) is 25.3 Å². The van der Waals surface area contributed by atoms with Crippen LogP contribution in [0.15, 0.2) is 6.33 Å². The molecule has 6 nitrogen and oxygen atoms in total. The maximum absolute atomic E-state index is 9.52. The van der Waals surface area contributed by atoms with E-state index in [1.54, 1.807) is 4.52 Å². The van der Waals surface area contributed by atoms with Crippen molar-refractivity contribution in [3.63, 3.8) is 0 Å². The number of nitrogens with one attached hydrogen (secondary N) is 1.